The van der Waals surface area contributed by atoms with E-state index in [2.05, 4.69) is 0 Å². The number of benzene rings is 2. The topological polar surface area (TPSA) is 63.7 Å². The molecular weight excluding hydrogens is 350 g/mol. The van der Waals surface area contributed by atoms with Crippen LogP contribution in [0.5, 0.6) is 5.75 Å². The van der Waals surface area contributed by atoms with Gasteiger partial charge in [0.25, 0.3) is 5.91 Å². The Morgan fingerprint density at radius 2 is 1.81 bits per heavy atom. The Morgan fingerprint density at radius 3 is 2.38 bits per heavy atom. The van der Waals surface area contributed by atoms with Crippen LogP contribution in [0.3, 0.4) is 0 Å². The second kappa shape index (κ2) is 7.91. The number of carbonyl (C=O) groups excluding carboxylic acids is 1. The summed E-state index contributed by atoms with van der Waals surface area (Å²) in [5, 5.41) is 0. The summed E-state index contributed by atoms with van der Waals surface area (Å²) in [6, 6.07) is 16.6. The summed E-state index contributed by atoms with van der Waals surface area (Å²) in [6.45, 7) is 0.495. The van der Waals surface area contributed by atoms with Crippen molar-refractivity contribution in [3.63, 3.8) is 0 Å². The SMILES string of the molecule is COc1ccc(C(=O)N(CCc2ccccc2)C2CCS(=O)(=O)C2)cc1. The van der Waals surface area contributed by atoms with Crippen LogP contribution in [0.4, 0.5) is 0 Å². The van der Waals surface area contributed by atoms with Gasteiger partial charge in [-0.3, -0.25) is 4.79 Å². The minimum absolute atomic E-state index is 0.0453. The van der Waals surface area contributed by atoms with Gasteiger partial charge < -0.3 is 9.64 Å². The smallest absolute Gasteiger partial charge is 0.254 e. The molecule has 1 atom stereocenters. The van der Waals surface area contributed by atoms with Crippen LogP contribution in [0.15, 0.2) is 54.6 Å². The summed E-state index contributed by atoms with van der Waals surface area (Å²) in [4.78, 5) is 14.8. The van der Waals surface area contributed by atoms with E-state index in [9.17, 15) is 13.2 Å². The summed E-state index contributed by atoms with van der Waals surface area (Å²) >= 11 is 0. The fraction of sp³-hybridized carbons (Fsp3) is 0.350. The second-order valence-corrected chi connectivity index (χ2v) is 8.75. The molecule has 0 saturated carbocycles. The molecule has 1 aliphatic heterocycles. The van der Waals surface area contributed by atoms with E-state index in [0.29, 0.717) is 30.7 Å². The number of rotatable bonds is 6. The molecule has 3 rings (SSSR count). The van der Waals surface area contributed by atoms with Crippen LogP contribution >= 0.6 is 0 Å². The Balaban J connectivity index is 1.80. The molecule has 0 radical (unpaired) electrons. The molecule has 26 heavy (non-hydrogen) atoms. The first-order valence-electron chi connectivity index (χ1n) is 8.68. The molecule has 0 N–H and O–H groups in total. The predicted molar refractivity (Wildman–Crippen MR) is 101 cm³/mol. The highest BCUT2D eigenvalue weighted by Gasteiger charge is 2.34. The number of amides is 1. The van der Waals surface area contributed by atoms with Crippen molar-refractivity contribution in [2.24, 2.45) is 0 Å². The fourth-order valence-corrected chi connectivity index (χ4v) is 5.00. The van der Waals surface area contributed by atoms with Crippen molar-refractivity contribution in [1.82, 2.24) is 4.90 Å². The van der Waals surface area contributed by atoms with E-state index >= 15 is 0 Å². The van der Waals surface area contributed by atoms with E-state index in [1.54, 1.807) is 36.3 Å². The first-order chi connectivity index (χ1) is 12.5. The van der Waals surface area contributed by atoms with E-state index < -0.39 is 9.84 Å². The first kappa shape index (κ1) is 18.5. The third-order valence-electron chi connectivity index (χ3n) is 4.73. The highest BCUT2D eigenvalue weighted by atomic mass is 32.2. The molecule has 1 amide bonds. The number of nitrogens with zero attached hydrogens (tertiary/aromatic N) is 1. The largest absolute Gasteiger partial charge is 0.497 e. The Kier molecular flexibility index (Phi) is 5.61. The van der Waals surface area contributed by atoms with Gasteiger partial charge in [-0.1, -0.05) is 30.3 Å². The Hall–Kier alpha value is -2.34. The molecule has 1 heterocycles. The molecule has 0 spiro atoms. The zero-order chi connectivity index (χ0) is 18.6. The van der Waals surface area contributed by atoms with Crippen LogP contribution < -0.4 is 4.74 Å². The predicted octanol–water partition coefficient (Wildman–Crippen LogP) is 2.57. The zero-order valence-corrected chi connectivity index (χ0v) is 15.6. The molecule has 0 bridgehead atoms. The molecule has 0 aliphatic carbocycles. The van der Waals surface area contributed by atoms with Crippen molar-refractivity contribution in [3.8, 4) is 5.75 Å². The third kappa shape index (κ3) is 4.43. The van der Waals surface area contributed by atoms with Gasteiger partial charge in [-0.2, -0.15) is 0 Å². The van der Waals surface area contributed by atoms with Crippen molar-refractivity contribution in [2.75, 3.05) is 25.2 Å². The summed E-state index contributed by atoms with van der Waals surface area (Å²) in [7, 11) is -1.49. The van der Waals surface area contributed by atoms with Gasteiger partial charge in [0.1, 0.15) is 5.75 Å². The summed E-state index contributed by atoms with van der Waals surface area (Å²) < 4.78 is 29.0. The van der Waals surface area contributed by atoms with Crippen molar-refractivity contribution in [3.05, 3.63) is 65.7 Å². The van der Waals surface area contributed by atoms with Crippen molar-refractivity contribution < 1.29 is 17.9 Å². The first-order valence-corrected chi connectivity index (χ1v) is 10.5. The van der Waals surface area contributed by atoms with Gasteiger partial charge in [0.2, 0.25) is 0 Å². The van der Waals surface area contributed by atoms with Crippen LogP contribution in [0.25, 0.3) is 0 Å². The maximum atomic E-state index is 13.1. The highest BCUT2D eigenvalue weighted by Crippen LogP contribution is 2.22. The maximum Gasteiger partial charge on any atom is 0.254 e. The number of sulfone groups is 1. The number of hydrogen-bond acceptors (Lipinski definition) is 4. The number of carbonyl (C=O) groups is 1. The van der Waals surface area contributed by atoms with Gasteiger partial charge in [0.05, 0.1) is 18.6 Å². The minimum atomic E-state index is -3.06. The molecule has 1 fully saturated rings. The van der Waals surface area contributed by atoms with E-state index in [-0.39, 0.29) is 23.5 Å². The van der Waals surface area contributed by atoms with Gasteiger partial charge in [-0.15, -0.1) is 0 Å². The molecule has 1 saturated heterocycles. The lowest BCUT2D eigenvalue weighted by Crippen LogP contribution is -2.42. The molecule has 5 nitrogen and oxygen atoms in total. The van der Waals surface area contributed by atoms with E-state index in [1.807, 2.05) is 30.3 Å². The highest BCUT2D eigenvalue weighted by molar-refractivity contribution is 7.91. The monoisotopic (exact) mass is 373 g/mol. The number of ether oxygens (including phenoxy) is 1. The van der Waals surface area contributed by atoms with E-state index in [4.69, 9.17) is 4.74 Å². The Bertz CT molecular complexity index is 847. The Morgan fingerprint density at radius 1 is 1.12 bits per heavy atom. The van der Waals surface area contributed by atoms with Gasteiger partial charge in [-0.25, -0.2) is 8.42 Å². The lowest BCUT2D eigenvalue weighted by atomic mass is 10.1. The molecule has 138 valence electrons. The Labute approximate surface area is 154 Å². The molecular formula is C20H23NO4S. The van der Waals surface area contributed by atoms with Crippen LogP contribution in [0.2, 0.25) is 0 Å². The van der Waals surface area contributed by atoms with Crippen LogP contribution in [-0.2, 0) is 16.3 Å². The molecule has 1 unspecified atom stereocenters. The summed E-state index contributed by atoms with van der Waals surface area (Å²) in [5.74, 6) is 0.741. The minimum Gasteiger partial charge on any atom is -0.497 e. The van der Waals surface area contributed by atoms with Crippen LogP contribution in [-0.4, -0.2) is 50.4 Å². The number of methoxy groups -OCH3 is 1. The standard InChI is InChI=1S/C20H23NO4S/c1-25-19-9-7-17(8-10-19)20(22)21(18-12-14-26(23,24)15-18)13-11-16-5-3-2-4-6-16/h2-10,18H,11-15H2,1H3. The number of hydrogen-bond donors (Lipinski definition) is 0. The van der Waals surface area contributed by atoms with Crippen LogP contribution in [0, 0.1) is 0 Å². The molecule has 2 aromatic rings. The summed E-state index contributed by atoms with van der Waals surface area (Å²) in [6.07, 6.45) is 1.19. The fourth-order valence-electron chi connectivity index (χ4n) is 3.26. The van der Waals surface area contributed by atoms with Crippen molar-refractivity contribution >= 4 is 15.7 Å². The lowest BCUT2D eigenvalue weighted by Gasteiger charge is -2.28. The quantitative estimate of drug-likeness (QED) is 0.781. The van der Waals surface area contributed by atoms with E-state index in [1.165, 1.54) is 0 Å². The zero-order valence-electron chi connectivity index (χ0n) is 14.8. The van der Waals surface area contributed by atoms with Gasteiger partial charge >= 0.3 is 0 Å². The average Bonchev–Trinajstić information content (AvgIpc) is 3.02. The van der Waals surface area contributed by atoms with Crippen LogP contribution in [0.1, 0.15) is 22.3 Å². The van der Waals surface area contributed by atoms with Gasteiger partial charge in [-0.05, 0) is 42.7 Å². The average molecular weight is 373 g/mol. The van der Waals surface area contributed by atoms with Gasteiger partial charge in [0, 0.05) is 18.2 Å². The van der Waals surface area contributed by atoms with E-state index in [0.717, 1.165) is 5.56 Å². The normalized spacial score (nSPS) is 18.4. The third-order valence-corrected chi connectivity index (χ3v) is 6.48. The van der Waals surface area contributed by atoms with Crippen molar-refractivity contribution in [2.45, 2.75) is 18.9 Å². The van der Waals surface area contributed by atoms with Crippen molar-refractivity contribution in [1.29, 1.82) is 0 Å². The lowest BCUT2D eigenvalue weighted by molar-refractivity contribution is 0.0699. The summed E-state index contributed by atoms with van der Waals surface area (Å²) in [5.41, 5.74) is 1.67. The van der Waals surface area contributed by atoms with Gasteiger partial charge in [0.15, 0.2) is 9.84 Å². The maximum absolute atomic E-state index is 13.1. The molecule has 1 aliphatic rings. The molecule has 2 aromatic carbocycles. The molecule has 0 aromatic heterocycles. The molecule has 6 heteroatoms. The second-order valence-electron chi connectivity index (χ2n) is 6.52.